The second kappa shape index (κ2) is 12.3. The molecule has 8 heteroatoms. The van der Waals surface area contributed by atoms with Crippen molar-refractivity contribution < 1.29 is 26.8 Å². The Balaban J connectivity index is 1.25. The van der Waals surface area contributed by atoms with Gasteiger partial charge in [0.25, 0.3) is 0 Å². The van der Waals surface area contributed by atoms with Gasteiger partial charge in [-0.25, -0.2) is 8.78 Å². The van der Waals surface area contributed by atoms with E-state index in [1.807, 2.05) is 0 Å². The van der Waals surface area contributed by atoms with E-state index in [0.29, 0.717) is 5.56 Å². The number of benzene rings is 3. The number of alkyl halides is 3. The van der Waals surface area contributed by atoms with Gasteiger partial charge in [-0.05, 0) is 72.5 Å². The molecule has 3 aromatic carbocycles. The lowest BCUT2D eigenvalue weighted by Crippen LogP contribution is -2.34. The molecule has 0 unspecified atom stereocenters. The third kappa shape index (κ3) is 7.86. The number of oxime groups is 1. The molecule has 3 aromatic rings. The van der Waals surface area contributed by atoms with Crippen LogP contribution in [-0.2, 0) is 17.6 Å². The number of rotatable bonds is 9. The van der Waals surface area contributed by atoms with Crippen LogP contribution in [0, 0.1) is 11.6 Å². The second-order valence-corrected chi connectivity index (χ2v) is 9.27. The lowest BCUT2D eigenvalue weighted by Gasteiger charge is -2.28. The third-order valence-electron chi connectivity index (χ3n) is 6.62. The van der Waals surface area contributed by atoms with Gasteiger partial charge in [0.1, 0.15) is 18.2 Å². The number of piperidine rings is 1. The average Bonchev–Trinajstić information content (AvgIpc) is 2.89. The molecule has 0 amide bonds. The van der Waals surface area contributed by atoms with Gasteiger partial charge in [0, 0.05) is 31.8 Å². The van der Waals surface area contributed by atoms with Crippen molar-refractivity contribution in [3.8, 4) is 0 Å². The van der Waals surface area contributed by atoms with Crippen LogP contribution in [-0.4, -0.2) is 30.2 Å². The zero-order chi connectivity index (χ0) is 26.3. The van der Waals surface area contributed by atoms with Gasteiger partial charge in [-0.15, -0.1) is 0 Å². The van der Waals surface area contributed by atoms with Gasteiger partial charge in [-0.3, -0.25) is 0 Å². The smallest absolute Gasteiger partial charge is 0.391 e. The van der Waals surface area contributed by atoms with Crippen molar-refractivity contribution in [1.82, 2.24) is 4.90 Å². The van der Waals surface area contributed by atoms with Crippen molar-refractivity contribution in [2.45, 2.75) is 44.4 Å². The Hall–Kier alpha value is -3.26. The van der Waals surface area contributed by atoms with Crippen LogP contribution in [0.2, 0.25) is 0 Å². The first-order valence-electron chi connectivity index (χ1n) is 12.3. The summed E-state index contributed by atoms with van der Waals surface area (Å²) in [6, 6.07) is 18.0. The van der Waals surface area contributed by atoms with Gasteiger partial charge in [0.2, 0.25) is 0 Å². The highest BCUT2D eigenvalue weighted by Gasteiger charge is 2.30. The molecule has 4 rings (SSSR count). The number of halogens is 5. The van der Waals surface area contributed by atoms with E-state index in [4.69, 9.17) is 4.84 Å². The molecule has 1 aliphatic rings. The van der Waals surface area contributed by atoms with E-state index in [9.17, 15) is 22.0 Å². The monoisotopic (exact) mass is 516 g/mol. The molecular formula is C29H29F5N2O. The SMILES string of the molecule is Fc1ccc(C(CCCN2CCC(=NOCc3cccc(C(F)(F)F)c3)CC2)c2ccc(F)cc2)cc1. The van der Waals surface area contributed by atoms with Gasteiger partial charge in [-0.1, -0.05) is 41.6 Å². The van der Waals surface area contributed by atoms with Crippen LogP contribution in [0.5, 0.6) is 0 Å². The first-order chi connectivity index (χ1) is 17.8. The molecule has 0 saturated carbocycles. The zero-order valence-electron chi connectivity index (χ0n) is 20.4. The van der Waals surface area contributed by atoms with E-state index in [1.54, 1.807) is 30.3 Å². The minimum absolute atomic E-state index is 0.00864. The minimum atomic E-state index is -4.38. The Morgan fingerprint density at radius 3 is 2.00 bits per heavy atom. The fraction of sp³-hybridized carbons (Fsp3) is 0.345. The van der Waals surface area contributed by atoms with E-state index in [2.05, 4.69) is 10.1 Å². The minimum Gasteiger partial charge on any atom is -0.391 e. The molecule has 0 aliphatic carbocycles. The van der Waals surface area contributed by atoms with Gasteiger partial charge in [-0.2, -0.15) is 13.2 Å². The Bertz CT molecular complexity index is 1120. The summed E-state index contributed by atoms with van der Waals surface area (Å²) in [7, 11) is 0. The van der Waals surface area contributed by atoms with E-state index in [1.165, 1.54) is 30.3 Å². The van der Waals surface area contributed by atoms with Crippen molar-refractivity contribution in [1.29, 1.82) is 0 Å². The molecule has 0 radical (unpaired) electrons. The predicted octanol–water partition coefficient (Wildman–Crippen LogP) is 7.56. The number of hydrogen-bond donors (Lipinski definition) is 0. The summed E-state index contributed by atoms with van der Waals surface area (Å²) in [6.07, 6.45) is -1.15. The summed E-state index contributed by atoms with van der Waals surface area (Å²) in [4.78, 5) is 7.68. The topological polar surface area (TPSA) is 24.8 Å². The lowest BCUT2D eigenvalue weighted by molar-refractivity contribution is -0.137. The van der Waals surface area contributed by atoms with E-state index in [0.717, 1.165) is 74.3 Å². The largest absolute Gasteiger partial charge is 0.416 e. The van der Waals surface area contributed by atoms with Crippen LogP contribution < -0.4 is 0 Å². The molecule has 0 N–H and O–H groups in total. The van der Waals surface area contributed by atoms with Gasteiger partial charge >= 0.3 is 6.18 Å². The van der Waals surface area contributed by atoms with Crippen LogP contribution in [0.3, 0.4) is 0 Å². The maximum absolute atomic E-state index is 13.4. The maximum atomic E-state index is 13.4. The molecule has 1 aliphatic heterocycles. The highest BCUT2D eigenvalue weighted by Crippen LogP contribution is 2.31. The van der Waals surface area contributed by atoms with Crippen LogP contribution in [0.25, 0.3) is 0 Å². The van der Waals surface area contributed by atoms with Crippen molar-refractivity contribution in [3.63, 3.8) is 0 Å². The summed E-state index contributed by atoms with van der Waals surface area (Å²) in [6.45, 7) is 2.52. The third-order valence-corrected chi connectivity index (χ3v) is 6.62. The average molecular weight is 517 g/mol. The summed E-state index contributed by atoms with van der Waals surface area (Å²) < 4.78 is 65.4. The number of likely N-dealkylation sites (tertiary alicyclic amines) is 1. The molecule has 37 heavy (non-hydrogen) atoms. The van der Waals surface area contributed by atoms with Gasteiger partial charge < -0.3 is 9.74 Å². The first-order valence-corrected chi connectivity index (χ1v) is 12.3. The summed E-state index contributed by atoms with van der Waals surface area (Å²) >= 11 is 0. The van der Waals surface area contributed by atoms with Crippen molar-refractivity contribution in [3.05, 3.63) is 107 Å². The molecule has 0 aromatic heterocycles. The molecule has 0 bridgehead atoms. The summed E-state index contributed by atoms with van der Waals surface area (Å²) in [5.41, 5.74) is 2.63. The van der Waals surface area contributed by atoms with Gasteiger partial charge in [0.15, 0.2) is 0 Å². The molecular weight excluding hydrogens is 487 g/mol. The number of hydrogen-bond acceptors (Lipinski definition) is 3. The van der Waals surface area contributed by atoms with Crippen molar-refractivity contribution >= 4 is 5.71 Å². The Kier molecular flexibility index (Phi) is 8.92. The second-order valence-electron chi connectivity index (χ2n) is 9.27. The van der Waals surface area contributed by atoms with Crippen LogP contribution >= 0.6 is 0 Å². The zero-order valence-corrected chi connectivity index (χ0v) is 20.4. The van der Waals surface area contributed by atoms with E-state index in [-0.39, 0.29) is 24.2 Å². The summed E-state index contributed by atoms with van der Waals surface area (Å²) in [5.74, 6) is -0.523. The highest BCUT2D eigenvalue weighted by atomic mass is 19.4. The van der Waals surface area contributed by atoms with E-state index < -0.39 is 11.7 Å². The molecule has 196 valence electrons. The molecule has 3 nitrogen and oxygen atoms in total. The Labute approximate surface area is 213 Å². The Morgan fingerprint density at radius 1 is 0.838 bits per heavy atom. The standard InChI is InChI=1S/C29H29F5N2O/c30-25-10-6-22(7-11-25)28(23-8-12-26(31)13-9-23)5-2-16-36-17-14-27(15-18-36)35-37-20-21-3-1-4-24(19-21)29(32,33)34/h1,3-4,6-13,19,28H,2,5,14-18,20H2. The lowest BCUT2D eigenvalue weighted by atomic mass is 9.87. The highest BCUT2D eigenvalue weighted by molar-refractivity contribution is 5.84. The predicted molar refractivity (Wildman–Crippen MR) is 133 cm³/mol. The van der Waals surface area contributed by atoms with Crippen LogP contribution in [0.4, 0.5) is 22.0 Å². The molecule has 0 atom stereocenters. The van der Waals surface area contributed by atoms with Crippen molar-refractivity contribution in [2.24, 2.45) is 5.16 Å². The quantitative estimate of drug-likeness (QED) is 0.217. The summed E-state index contributed by atoms with van der Waals surface area (Å²) in [5, 5.41) is 4.15. The maximum Gasteiger partial charge on any atom is 0.416 e. The van der Waals surface area contributed by atoms with Crippen LogP contribution in [0.1, 0.15) is 53.9 Å². The van der Waals surface area contributed by atoms with Gasteiger partial charge in [0.05, 0.1) is 11.3 Å². The Morgan fingerprint density at radius 2 is 1.43 bits per heavy atom. The van der Waals surface area contributed by atoms with E-state index >= 15 is 0 Å². The number of nitrogens with zero attached hydrogens (tertiary/aromatic N) is 2. The fourth-order valence-corrected chi connectivity index (χ4v) is 4.60. The molecule has 0 spiro atoms. The molecule has 1 heterocycles. The normalized spacial score (nSPS) is 14.7. The molecule has 1 fully saturated rings. The fourth-order valence-electron chi connectivity index (χ4n) is 4.60. The molecule has 1 saturated heterocycles. The van der Waals surface area contributed by atoms with Crippen molar-refractivity contribution in [2.75, 3.05) is 19.6 Å². The van der Waals surface area contributed by atoms with Crippen LogP contribution in [0.15, 0.2) is 78.0 Å². The first kappa shape index (κ1) is 26.8.